The molecule has 1 aliphatic carbocycles. The topological polar surface area (TPSA) is 65.7 Å². The molecule has 6 heteroatoms. The number of hydrogen-bond acceptors (Lipinski definition) is 4. The van der Waals surface area contributed by atoms with Gasteiger partial charge in [-0.1, -0.05) is 38.3 Å². The van der Waals surface area contributed by atoms with E-state index in [2.05, 4.69) is 47.5 Å². The third kappa shape index (κ3) is 6.46. The maximum Gasteiger partial charge on any atom is 0.191 e. The minimum Gasteiger partial charge on any atom is -0.359 e. The Morgan fingerprint density at radius 2 is 1.86 bits per heavy atom. The van der Waals surface area contributed by atoms with Gasteiger partial charge in [-0.05, 0) is 45.4 Å². The summed E-state index contributed by atoms with van der Waals surface area (Å²) in [6.45, 7) is 10.3. The average molecular weight is 404 g/mol. The van der Waals surface area contributed by atoms with Crippen LogP contribution in [0.25, 0.3) is 0 Å². The van der Waals surface area contributed by atoms with Gasteiger partial charge in [0.1, 0.15) is 6.54 Å². The monoisotopic (exact) mass is 403 g/mol. The Kier molecular flexibility index (Phi) is 8.84. The van der Waals surface area contributed by atoms with Crippen molar-refractivity contribution in [3.63, 3.8) is 0 Å². The fourth-order valence-electron chi connectivity index (χ4n) is 4.83. The number of nitrogens with one attached hydrogen (secondary N) is 2. The molecule has 1 aliphatic heterocycles. The SMILES string of the molecule is CCNC(=NCc1cc(C(CC)CC)no1)NC1CCN(C2CCCCC2)CC1. The molecule has 1 saturated heterocycles. The fraction of sp³-hybridized carbons (Fsp3) is 0.826. The lowest BCUT2D eigenvalue weighted by Gasteiger charge is -2.39. The molecule has 0 unspecified atom stereocenters. The molecule has 6 nitrogen and oxygen atoms in total. The van der Waals surface area contributed by atoms with Crippen LogP contribution in [-0.4, -0.2) is 47.7 Å². The van der Waals surface area contributed by atoms with Crippen molar-refractivity contribution in [2.75, 3.05) is 19.6 Å². The zero-order valence-corrected chi connectivity index (χ0v) is 18.8. The first-order valence-electron chi connectivity index (χ1n) is 12.0. The summed E-state index contributed by atoms with van der Waals surface area (Å²) < 4.78 is 5.53. The molecule has 0 spiro atoms. The van der Waals surface area contributed by atoms with Crippen LogP contribution in [0.5, 0.6) is 0 Å². The molecule has 1 aromatic rings. The van der Waals surface area contributed by atoms with Gasteiger partial charge in [0.25, 0.3) is 0 Å². The first kappa shape index (κ1) is 22.1. The van der Waals surface area contributed by atoms with Crippen molar-refractivity contribution in [1.29, 1.82) is 0 Å². The Balaban J connectivity index is 1.49. The van der Waals surface area contributed by atoms with Crippen LogP contribution in [0.4, 0.5) is 0 Å². The second-order valence-electron chi connectivity index (χ2n) is 8.67. The summed E-state index contributed by atoms with van der Waals surface area (Å²) in [6.07, 6.45) is 11.6. The van der Waals surface area contributed by atoms with E-state index in [1.807, 2.05) is 0 Å². The summed E-state index contributed by atoms with van der Waals surface area (Å²) in [4.78, 5) is 7.49. The summed E-state index contributed by atoms with van der Waals surface area (Å²) in [5.41, 5.74) is 1.06. The van der Waals surface area contributed by atoms with Crippen molar-refractivity contribution in [2.45, 2.75) is 103 Å². The number of aromatic nitrogens is 1. The molecule has 2 heterocycles. The lowest BCUT2D eigenvalue weighted by atomic mass is 9.92. The van der Waals surface area contributed by atoms with Crippen LogP contribution >= 0.6 is 0 Å². The minimum atomic E-state index is 0.484. The Labute approximate surface area is 176 Å². The highest BCUT2D eigenvalue weighted by Crippen LogP contribution is 2.25. The van der Waals surface area contributed by atoms with Crippen LogP contribution in [0.15, 0.2) is 15.6 Å². The summed E-state index contributed by atoms with van der Waals surface area (Å²) in [6, 6.07) is 3.41. The number of likely N-dealkylation sites (tertiary alicyclic amines) is 1. The Hall–Kier alpha value is -1.56. The number of rotatable bonds is 8. The van der Waals surface area contributed by atoms with Gasteiger partial charge in [-0.2, -0.15) is 0 Å². The van der Waals surface area contributed by atoms with Crippen LogP contribution in [0.3, 0.4) is 0 Å². The predicted octanol–water partition coefficient (Wildman–Crippen LogP) is 4.43. The molecule has 164 valence electrons. The molecular formula is C23H41N5O. The zero-order valence-electron chi connectivity index (χ0n) is 18.8. The lowest BCUT2D eigenvalue weighted by molar-refractivity contribution is 0.119. The van der Waals surface area contributed by atoms with Gasteiger partial charge in [0.05, 0.1) is 5.69 Å². The third-order valence-electron chi connectivity index (χ3n) is 6.68. The summed E-state index contributed by atoms with van der Waals surface area (Å²) in [5.74, 6) is 2.22. The van der Waals surface area contributed by atoms with E-state index in [4.69, 9.17) is 9.52 Å². The fourth-order valence-corrected chi connectivity index (χ4v) is 4.83. The number of nitrogens with zero attached hydrogens (tertiary/aromatic N) is 3. The quantitative estimate of drug-likeness (QED) is 0.496. The largest absolute Gasteiger partial charge is 0.359 e. The van der Waals surface area contributed by atoms with Crippen molar-refractivity contribution in [2.24, 2.45) is 4.99 Å². The van der Waals surface area contributed by atoms with Crippen LogP contribution in [0.2, 0.25) is 0 Å². The summed E-state index contributed by atoms with van der Waals surface area (Å²) in [7, 11) is 0. The number of guanidine groups is 1. The van der Waals surface area contributed by atoms with Crippen molar-refractivity contribution in [3.05, 3.63) is 17.5 Å². The minimum absolute atomic E-state index is 0.484. The molecule has 2 fully saturated rings. The molecule has 0 amide bonds. The zero-order chi connectivity index (χ0) is 20.5. The van der Waals surface area contributed by atoms with E-state index >= 15 is 0 Å². The standard InChI is InChI=1S/C23H41N5O/c1-4-18(5-2)22-16-21(29-27-22)17-25-23(24-6-3)26-19-12-14-28(15-13-19)20-10-8-7-9-11-20/h16,18-20H,4-15,17H2,1-3H3,(H2,24,25,26). The third-order valence-corrected chi connectivity index (χ3v) is 6.68. The smallest absolute Gasteiger partial charge is 0.191 e. The van der Waals surface area contributed by atoms with Gasteiger partial charge in [0, 0.05) is 43.7 Å². The first-order chi connectivity index (χ1) is 14.2. The molecule has 0 aromatic carbocycles. The Bertz CT molecular complexity index is 611. The summed E-state index contributed by atoms with van der Waals surface area (Å²) >= 11 is 0. The van der Waals surface area contributed by atoms with Crippen LogP contribution in [-0.2, 0) is 6.54 Å². The highest BCUT2D eigenvalue weighted by atomic mass is 16.5. The molecule has 1 saturated carbocycles. The van der Waals surface area contributed by atoms with Gasteiger partial charge in [0.2, 0.25) is 0 Å². The van der Waals surface area contributed by atoms with E-state index in [0.717, 1.165) is 42.8 Å². The van der Waals surface area contributed by atoms with Crippen LogP contribution < -0.4 is 10.6 Å². The van der Waals surface area contributed by atoms with Gasteiger partial charge in [-0.25, -0.2) is 4.99 Å². The predicted molar refractivity (Wildman–Crippen MR) is 119 cm³/mol. The molecule has 0 bridgehead atoms. The number of piperidine rings is 1. The van der Waals surface area contributed by atoms with Crippen molar-refractivity contribution in [1.82, 2.24) is 20.7 Å². The van der Waals surface area contributed by atoms with Gasteiger partial charge < -0.3 is 20.1 Å². The highest BCUT2D eigenvalue weighted by molar-refractivity contribution is 5.80. The lowest BCUT2D eigenvalue weighted by Crippen LogP contribution is -2.50. The van der Waals surface area contributed by atoms with Gasteiger partial charge >= 0.3 is 0 Å². The molecule has 29 heavy (non-hydrogen) atoms. The van der Waals surface area contributed by atoms with E-state index in [1.165, 1.54) is 58.0 Å². The Morgan fingerprint density at radius 3 is 2.52 bits per heavy atom. The van der Waals surface area contributed by atoms with Gasteiger partial charge in [-0.3, -0.25) is 0 Å². The van der Waals surface area contributed by atoms with E-state index in [1.54, 1.807) is 0 Å². The summed E-state index contributed by atoms with van der Waals surface area (Å²) in [5, 5.41) is 11.3. The molecule has 2 N–H and O–H groups in total. The molecule has 3 rings (SSSR count). The second kappa shape index (κ2) is 11.6. The van der Waals surface area contributed by atoms with E-state index in [0.29, 0.717) is 18.5 Å². The number of hydrogen-bond donors (Lipinski definition) is 2. The van der Waals surface area contributed by atoms with Crippen molar-refractivity contribution >= 4 is 5.96 Å². The van der Waals surface area contributed by atoms with Gasteiger partial charge in [0.15, 0.2) is 11.7 Å². The molecule has 0 atom stereocenters. The molecule has 2 aliphatic rings. The normalized spacial score (nSPS) is 20.3. The van der Waals surface area contributed by atoms with Crippen LogP contribution in [0, 0.1) is 0 Å². The molecular weight excluding hydrogens is 362 g/mol. The van der Waals surface area contributed by atoms with E-state index in [9.17, 15) is 0 Å². The van der Waals surface area contributed by atoms with Crippen molar-refractivity contribution in [3.8, 4) is 0 Å². The van der Waals surface area contributed by atoms with Crippen LogP contribution in [0.1, 0.15) is 95.9 Å². The maximum atomic E-state index is 5.53. The Morgan fingerprint density at radius 1 is 1.14 bits per heavy atom. The second-order valence-corrected chi connectivity index (χ2v) is 8.67. The molecule has 0 radical (unpaired) electrons. The maximum absolute atomic E-state index is 5.53. The first-order valence-corrected chi connectivity index (χ1v) is 12.0. The average Bonchev–Trinajstić information content (AvgIpc) is 3.23. The van der Waals surface area contributed by atoms with E-state index < -0.39 is 0 Å². The highest BCUT2D eigenvalue weighted by Gasteiger charge is 2.26. The molecule has 1 aromatic heterocycles. The number of aliphatic imine (C=N–C) groups is 1. The van der Waals surface area contributed by atoms with Crippen molar-refractivity contribution < 1.29 is 4.52 Å². The van der Waals surface area contributed by atoms with E-state index in [-0.39, 0.29) is 0 Å². The van der Waals surface area contributed by atoms with Gasteiger partial charge in [-0.15, -0.1) is 0 Å².